The van der Waals surface area contributed by atoms with E-state index in [1.165, 1.54) is 12.8 Å². The lowest BCUT2D eigenvalue weighted by atomic mass is 9.67. The highest BCUT2D eigenvalue weighted by Crippen LogP contribution is 2.42. The number of nitrogens with zero attached hydrogens (tertiary/aromatic N) is 2. The summed E-state index contributed by atoms with van der Waals surface area (Å²) in [7, 11) is 0. The third-order valence-corrected chi connectivity index (χ3v) is 4.93. The largest absolute Gasteiger partial charge is 0.481 e. The first-order valence-corrected chi connectivity index (χ1v) is 8.24. The zero-order chi connectivity index (χ0) is 15.5. The van der Waals surface area contributed by atoms with Gasteiger partial charge in [0.1, 0.15) is 0 Å². The lowest BCUT2D eigenvalue weighted by Gasteiger charge is -2.36. The standard InChI is InChI=1S/C17H28N2O2/c1-4-5-14-6-9-17(10-7-14,16(20)21)12-15-8-11-19(18-15)13(2)3/h8,11,13-14H,4-7,9-10,12H2,1-3H3,(H,20,21). The summed E-state index contributed by atoms with van der Waals surface area (Å²) in [5, 5.41) is 14.3. The monoisotopic (exact) mass is 292 g/mol. The molecule has 0 aliphatic heterocycles. The van der Waals surface area contributed by atoms with Gasteiger partial charge in [-0.2, -0.15) is 5.10 Å². The van der Waals surface area contributed by atoms with Gasteiger partial charge in [-0.25, -0.2) is 0 Å². The summed E-state index contributed by atoms with van der Waals surface area (Å²) in [6.07, 6.45) is 8.64. The lowest BCUT2D eigenvalue weighted by molar-refractivity contribution is -0.151. The summed E-state index contributed by atoms with van der Waals surface area (Å²) in [5.74, 6) is 0.0761. The molecular weight excluding hydrogens is 264 g/mol. The minimum absolute atomic E-state index is 0.319. The van der Waals surface area contributed by atoms with Crippen LogP contribution in [0, 0.1) is 11.3 Å². The van der Waals surface area contributed by atoms with Crippen molar-refractivity contribution in [1.29, 1.82) is 0 Å². The van der Waals surface area contributed by atoms with Gasteiger partial charge in [0.05, 0.1) is 11.1 Å². The summed E-state index contributed by atoms with van der Waals surface area (Å²) in [6.45, 7) is 6.37. The van der Waals surface area contributed by atoms with Crippen LogP contribution >= 0.6 is 0 Å². The minimum Gasteiger partial charge on any atom is -0.481 e. The van der Waals surface area contributed by atoms with Crippen LogP contribution in [0.3, 0.4) is 0 Å². The second-order valence-corrected chi connectivity index (χ2v) is 6.88. The molecule has 2 rings (SSSR count). The summed E-state index contributed by atoms with van der Waals surface area (Å²) in [4.78, 5) is 11.9. The molecule has 0 saturated heterocycles. The van der Waals surface area contributed by atoms with Crippen LogP contribution < -0.4 is 0 Å². The molecule has 0 amide bonds. The van der Waals surface area contributed by atoms with Gasteiger partial charge < -0.3 is 5.11 Å². The Hall–Kier alpha value is -1.32. The van der Waals surface area contributed by atoms with Crippen molar-refractivity contribution in [2.75, 3.05) is 0 Å². The van der Waals surface area contributed by atoms with Crippen molar-refractivity contribution in [1.82, 2.24) is 9.78 Å². The van der Waals surface area contributed by atoms with E-state index < -0.39 is 11.4 Å². The highest BCUT2D eigenvalue weighted by atomic mass is 16.4. The SMILES string of the molecule is CCCC1CCC(Cc2ccn(C(C)C)n2)(C(=O)O)CC1. The molecule has 1 aromatic rings. The Morgan fingerprint density at radius 2 is 2.14 bits per heavy atom. The maximum atomic E-state index is 11.9. The lowest BCUT2D eigenvalue weighted by Crippen LogP contribution is -2.37. The predicted molar refractivity (Wildman–Crippen MR) is 83.3 cm³/mol. The van der Waals surface area contributed by atoms with Crippen LogP contribution in [0.4, 0.5) is 0 Å². The Balaban J connectivity index is 2.07. The first-order chi connectivity index (χ1) is 9.97. The van der Waals surface area contributed by atoms with Crippen molar-refractivity contribution >= 4 is 5.97 Å². The van der Waals surface area contributed by atoms with Gasteiger partial charge in [0.25, 0.3) is 0 Å². The second-order valence-electron chi connectivity index (χ2n) is 6.88. The zero-order valence-electron chi connectivity index (χ0n) is 13.5. The van der Waals surface area contributed by atoms with E-state index in [4.69, 9.17) is 0 Å². The van der Waals surface area contributed by atoms with Gasteiger partial charge in [-0.05, 0) is 51.5 Å². The normalized spacial score (nSPS) is 26.2. The van der Waals surface area contributed by atoms with Crippen molar-refractivity contribution in [3.63, 3.8) is 0 Å². The van der Waals surface area contributed by atoms with Gasteiger partial charge in [0.15, 0.2) is 0 Å². The molecule has 1 aliphatic rings. The fourth-order valence-corrected chi connectivity index (χ4v) is 3.50. The number of carboxylic acids is 1. The smallest absolute Gasteiger partial charge is 0.310 e. The van der Waals surface area contributed by atoms with Crippen LogP contribution in [0.15, 0.2) is 12.3 Å². The Labute approximate surface area is 127 Å². The van der Waals surface area contributed by atoms with Crippen molar-refractivity contribution in [2.45, 2.75) is 71.8 Å². The molecule has 0 bridgehead atoms. The fourth-order valence-electron chi connectivity index (χ4n) is 3.50. The number of aliphatic carboxylic acids is 1. The van der Waals surface area contributed by atoms with Gasteiger partial charge in [-0.3, -0.25) is 9.48 Å². The Kier molecular flexibility index (Phi) is 5.07. The highest BCUT2D eigenvalue weighted by Gasteiger charge is 2.42. The zero-order valence-corrected chi connectivity index (χ0v) is 13.5. The summed E-state index contributed by atoms with van der Waals surface area (Å²) in [6, 6.07) is 2.29. The number of carboxylic acid groups (broad SMARTS) is 1. The molecule has 1 aliphatic carbocycles. The summed E-state index contributed by atoms with van der Waals surface area (Å²) >= 11 is 0. The van der Waals surface area contributed by atoms with Crippen LogP contribution in [0.2, 0.25) is 0 Å². The third kappa shape index (κ3) is 3.66. The van der Waals surface area contributed by atoms with Gasteiger partial charge in [0.2, 0.25) is 0 Å². The first kappa shape index (κ1) is 16.1. The quantitative estimate of drug-likeness (QED) is 0.860. The van der Waals surface area contributed by atoms with E-state index in [2.05, 4.69) is 25.9 Å². The second kappa shape index (κ2) is 6.63. The van der Waals surface area contributed by atoms with E-state index >= 15 is 0 Å². The number of carbonyl (C=O) groups is 1. The molecule has 4 nitrogen and oxygen atoms in total. The van der Waals surface area contributed by atoms with E-state index in [1.807, 2.05) is 16.9 Å². The molecule has 0 atom stereocenters. The number of aromatic nitrogens is 2. The predicted octanol–water partition coefficient (Wildman–Crippen LogP) is 4.07. The molecule has 1 aromatic heterocycles. The molecule has 1 N–H and O–H groups in total. The molecule has 0 unspecified atom stereocenters. The van der Waals surface area contributed by atoms with Gasteiger partial charge in [0, 0.05) is 18.7 Å². The number of hydrogen-bond donors (Lipinski definition) is 1. The molecule has 0 radical (unpaired) electrons. The molecule has 0 aromatic carbocycles. The van der Waals surface area contributed by atoms with Crippen LogP contribution in [0.1, 0.15) is 71.0 Å². The average molecular weight is 292 g/mol. The van der Waals surface area contributed by atoms with Crippen molar-refractivity contribution in [2.24, 2.45) is 11.3 Å². The van der Waals surface area contributed by atoms with Crippen LogP contribution in [0.5, 0.6) is 0 Å². The number of hydrogen-bond acceptors (Lipinski definition) is 2. The third-order valence-electron chi connectivity index (χ3n) is 4.93. The minimum atomic E-state index is -0.642. The average Bonchev–Trinajstić information content (AvgIpc) is 2.90. The Morgan fingerprint density at radius 1 is 1.48 bits per heavy atom. The van der Waals surface area contributed by atoms with E-state index in [1.54, 1.807) is 0 Å². The van der Waals surface area contributed by atoms with Gasteiger partial charge in [-0.15, -0.1) is 0 Å². The van der Waals surface area contributed by atoms with Crippen LogP contribution in [-0.2, 0) is 11.2 Å². The molecule has 1 heterocycles. The van der Waals surface area contributed by atoms with E-state index in [9.17, 15) is 9.90 Å². The van der Waals surface area contributed by atoms with E-state index in [0.29, 0.717) is 12.5 Å². The fraction of sp³-hybridized carbons (Fsp3) is 0.765. The molecule has 1 saturated carbocycles. The first-order valence-electron chi connectivity index (χ1n) is 8.24. The highest BCUT2D eigenvalue weighted by molar-refractivity contribution is 5.75. The van der Waals surface area contributed by atoms with Crippen LogP contribution in [0.25, 0.3) is 0 Å². The topological polar surface area (TPSA) is 55.1 Å². The molecule has 21 heavy (non-hydrogen) atoms. The van der Waals surface area contributed by atoms with Gasteiger partial charge in [-0.1, -0.05) is 19.8 Å². The molecule has 118 valence electrons. The summed E-state index contributed by atoms with van der Waals surface area (Å²) in [5.41, 5.74) is 0.320. The number of rotatable bonds is 6. The van der Waals surface area contributed by atoms with Gasteiger partial charge >= 0.3 is 5.97 Å². The van der Waals surface area contributed by atoms with Crippen molar-refractivity contribution in [3.05, 3.63) is 18.0 Å². The molecule has 1 fully saturated rings. The maximum absolute atomic E-state index is 11.9. The van der Waals surface area contributed by atoms with E-state index in [0.717, 1.165) is 37.3 Å². The van der Waals surface area contributed by atoms with E-state index in [-0.39, 0.29) is 0 Å². The maximum Gasteiger partial charge on any atom is 0.310 e. The molecule has 4 heteroatoms. The summed E-state index contributed by atoms with van der Waals surface area (Å²) < 4.78 is 1.91. The van der Waals surface area contributed by atoms with Crippen molar-refractivity contribution < 1.29 is 9.90 Å². The molecule has 0 spiro atoms. The molecular formula is C17H28N2O2. The Morgan fingerprint density at radius 3 is 2.62 bits per heavy atom. The Bertz CT molecular complexity index is 471. The van der Waals surface area contributed by atoms with Crippen molar-refractivity contribution in [3.8, 4) is 0 Å². The van der Waals surface area contributed by atoms with Crippen LogP contribution in [-0.4, -0.2) is 20.9 Å².